The van der Waals surface area contributed by atoms with Crippen LogP contribution in [0.15, 0.2) is 41.2 Å². The molecule has 1 aromatic rings. The van der Waals surface area contributed by atoms with Crippen molar-refractivity contribution in [3.8, 4) is 11.5 Å². The zero-order valence-electron chi connectivity index (χ0n) is 11.0. The first-order chi connectivity index (χ1) is 9.65. The van der Waals surface area contributed by atoms with Gasteiger partial charge in [-0.2, -0.15) is 0 Å². The quantitative estimate of drug-likeness (QED) is 0.628. The predicted octanol–water partition coefficient (Wildman–Crippen LogP) is 3.76. The maximum Gasteiger partial charge on any atom is 0.165 e. The number of allylic oxidation sites excluding steroid dienone is 4. The molecular weight excluding hydrogens is 252 g/mol. The van der Waals surface area contributed by atoms with Gasteiger partial charge in [0.1, 0.15) is 5.76 Å². The van der Waals surface area contributed by atoms with Crippen molar-refractivity contribution < 1.29 is 15.3 Å². The first-order valence-electron chi connectivity index (χ1n) is 7.01. The summed E-state index contributed by atoms with van der Waals surface area (Å²) in [6.07, 6.45) is 8.57. The highest BCUT2D eigenvalue weighted by atomic mass is 16.3. The molecule has 4 rings (SSSR count). The van der Waals surface area contributed by atoms with E-state index in [-0.39, 0.29) is 11.5 Å². The van der Waals surface area contributed by atoms with Gasteiger partial charge in [-0.05, 0) is 43.0 Å². The average molecular weight is 268 g/mol. The highest BCUT2D eigenvalue weighted by Gasteiger charge is 2.37. The molecule has 3 nitrogen and oxygen atoms in total. The molecule has 1 saturated carbocycles. The van der Waals surface area contributed by atoms with Crippen molar-refractivity contribution in [2.75, 3.05) is 0 Å². The van der Waals surface area contributed by atoms with Crippen molar-refractivity contribution in [3.05, 3.63) is 52.3 Å². The second-order valence-corrected chi connectivity index (χ2v) is 5.81. The van der Waals surface area contributed by atoms with Crippen LogP contribution in [0.4, 0.5) is 0 Å². The predicted molar refractivity (Wildman–Crippen MR) is 76.6 cm³/mol. The summed E-state index contributed by atoms with van der Waals surface area (Å²) in [6.45, 7) is 0. The zero-order chi connectivity index (χ0) is 13.9. The lowest BCUT2D eigenvalue weighted by molar-refractivity contribution is 0.402. The van der Waals surface area contributed by atoms with Crippen LogP contribution >= 0.6 is 0 Å². The van der Waals surface area contributed by atoms with Crippen molar-refractivity contribution in [2.45, 2.75) is 25.2 Å². The number of fused-ring (bicyclic) bond motifs is 5. The van der Waals surface area contributed by atoms with Gasteiger partial charge in [-0.3, -0.25) is 0 Å². The number of hydrogen-bond acceptors (Lipinski definition) is 3. The van der Waals surface area contributed by atoms with E-state index in [9.17, 15) is 15.3 Å². The first kappa shape index (κ1) is 11.6. The Balaban J connectivity index is 1.82. The Morgan fingerprint density at radius 2 is 1.85 bits per heavy atom. The van der Waals surface area contributed by atoms with Gasteiger partial charge in [0.05, 0.1) is 0 Å². The van der Waals surface area contributed by atoms with Crippen LogP contribution in [-0.2, 0) is 0 Å². The summed E-state index contributed by atoms with van der Waals surface area (Å²) in [5.74, 6) is 0.970. The minimum absolute atomic E-state index is 0.0101. The van der Waals surface area contributed by atoms with Gasteiger partial charge < -0.3 is 15.3 Å². The molecule has 2 unspecified atom stereocenters. The molecule has 0 radical (unpaired) electrons. The average Bonchev–Trinajstić information content (AvgIpc) is 2.82. The smallest absolute Gasteiger partial charge is 0.165 e. The molecule has 20 heavy (non-hydrogen) atoms. The lowest BCUT2D eigenvalue weighted by Gasteiger charge is -2.34. The van der Waals surface area contributed by atoms with E-state index >= 15 is 0 Å². The normalized spacial score (nSPS) is 26.9. The van der Waals surface area contributed by atoms with Gasteiger partial charge in [0.2, 0.25) is 0 Å². The fraction of sp³-hybridized carbons (Fsp3) is 0.294. The summed E-state index contributed by atoms with van der Waals surface area (Å²) in [6, 6.07) is 3.49. The van der Waals surface area contributed by atoms with Crippen molar-refractivity contribution in [3.63, 3.8) is 0 Å². The van der Waals surface area contributed by atoms with Crippen LogP contribution in [-0.4, -0.2) is 15.3 Å². The van der Waals surface area contributed by atoms with E-state index in [1.807, 2.05) is 24.3 Å². The van der Waals surface area contributed by atoms with Crippen LogP contribution in [0, 0.1) is 5.92 Å². The third-order valence-corrected chi connectivity index (χ3v) is 4.79. The molecule has 0 bridgehead atoms. The summed E-state index contributed by atoms with van der Waals surface area (Å²) in [5, 5.41) is 29.3. The number of aliphatic hydroxyl groups excluding tert-OH is 1. The van der Waals surface area contributed by atoms with Gasteiger partial charge in [-0.1, -0.05) is 23.3 Å². The third kappa shape index (κ3) is 1.46. The van der Waals surface area contributed by atoms with Crippen LogP contribution in [0.2, 0.25) is 0 Å². The molecule has 1 aromatic carbocycles. The number of hydrogen-bond donors (Lipinski definition) is 3. The minimum Gasteiger partial charge on any atom is -0.508 e. The van der Waals surface area contributed by atoms with E-state index < -0.39 is 0 Å². The van der Waals surface area contributed by atoms with Crippen LogP contribution in [0.25, 0.3) is 6.08 Å². The largest absolute Gasteiger partial charge is 0.508 e. The van der Waals surface area contributed by atoms with Crippen molar-refractivity contribution in [1.82, 2.24) is 0 Å². The summed E-state index contributed by atoms with van der Waals surface area (Å²) in [5.41, 5.74) is 4.48. The second-order valence-electron chi connectivity index (χ2n) is 5.81. The van der Waals surface area contributed by atoms with Crippen molar-refractivity contribution >= 4 is 6.08 Å². The molecular formula is C17H16O3. The highest BCUT2D eigenvalue weighted by molar-refractivity contribution is 5.75. The lowest BCUT2D eigenvalue weighted by atomic mass is 9.71. The van der Waals surface area contributed by atoms with E-state index in [0.29, 0.717) is 17.6 Å². The van der Waals surface area contributed by atoms with E-state index in [2.05, 4.69) is 0 Å². The molecule has 102 valence electrons. The number of aliphatic hydroxyl groups is 1. The molecule has 0 spiro atoms. The SMILES string of the molecule is OC1=CCC2C(=C1)CCC1C2=Cc2c1ccc(O)c2O. The Hall–Kier alpha value is -2.16. The molecule has 3 heteroatoms. The standard InChI is InChI=1S/C17H16O3/c18-10-2-4-11-9(7-10)1-3-12-13-5-6-16(19)17(20)15(13)8-14(11)12/h2,5-8,11-12,18-20H,1,3-4H2. The number of benzene rings is 1. The van der Waals surface area contributed by atoms with Gasteiger partial charge in [-0.15, -0.1) is 0 Å². The van der Waals surface area contributed by atoms with E-state index in [4.69, 9.17) is 0 Å². The monoisotopic (exact) mass is 268 g/mol. The first-order valence-corrected chi connectivity index (χ1v) is 7.01. The second kappa shape index (κ2) is 3.92. The zero-order valence-corrected chi connectivity index (χ0v) is 11.0. The molecule has 0 saturated heterocycles. The number of rotatable bonds is 0. The van der Waals surface area contributed by atoms with E-state index in [0.717, 1.165) is 30.4 Å². The number of phenolic OH excluding ortho intramolecular Hbond substituents is 2. The van der Waals surface area contributed by atoms with Gasteiger partial charge in [-0.25, -0.2) is 0 Å². The number of phenols is 2. The van der Waals surface area contributed by atoms with Gasteiger partial charge in [0.25, 0.3) is 0 Å². The molecule has 0 aromatic heterocycles. The molecule has 0 aliphatic heterocycles. The van der Waals surface area contributed by atoms with Crippen LogP contribution in [0.3, 0.4) is 0 Å². The lowest BCUT2D eigenvalue weighted by Crippen LogP contribution is -2.20. The topological polar surface area (TPSA) is 60.7 Å². The summed E-state index contributed by atoms with van der Waals surface area (Å²) < 4.78 is 0. The van der Waals surface area contributed by atoms with Crippen LogP contribution in [0.1, 0.15) is 36.3 Å². The summed E-state index contributed by atoms with van der Waals surface area (Å²) in [4.78, 5) is 0. The summed E-state index contributed by atoms with van der Waals surface area (Å²) in [7, 11) is 0. The molecule has 1 fully saturated rings. The van der Waals surface area contributed by atoms with Gasteiger partial charge in [0, 0.05) is 17.4 Å². The summed E-state index contributed by atoms with van der Waals surface area (Å²) >= 11 is 0. The van der Waals surface area contributed by atoms with E-state index in [1.54, 1.807) is 6.07 Å². The Labute approximate surface area is 117 Å². The Bertz CT molecular complexity index is 694. The molecule has 0 amide bonds. The van der Waals surface area contributed by atoms with Gasteiger partial charge in [0.15, 0.2) is 11.5 Å². The third-order valence-electron chi connectivity index (χ3n) is 4.79. The van der Waals surface area contributed by atoms with Crippen LogP contribution < -0.4 is 0 Å². The maximum absolute atomic E-state index is 10.0. The Kier molecular flexibility index (Phi) is 2.28. The highest BCUT2D eigenvalue weighted by Crippen LogP contribution is 2.54. The fourth-order valence-corrected chi connectivity index (χ4v) is 3.83. The number of aromatic hydroxyl groups is 2. The molecule has 3 aliphatic carbocycles. The van der Waals surface area contributed by atoms with Crippen LogP contribution in [0.5, 0.6) is 11.5 Å². The minimum atomic E-state index is -0.0591. The molecule has 3 N–H and O–H groups in total. The molecule has 2 atom stereocenters. The molecule has 3 aliphatic rings. The van der Waals surface area contributed by atoms with E-state index in [1.165, 1.54) is 11.1 Å². The molecule has 0 heterocycles. The Morgan fingerprint density at radius 1 is 1.00 bits per heavy atom. The Morgan fingerprint density at radius 3 is 2.70 bits per heavy atom. The van der Waals surface area contributed by atoms with Crippen molar-refractivity contribution in [2.24, 2.45) is 5.92 Å². The van der Waals surface area contributed by atoms with Gasteiger partial charge >= 0.3 is 0 Å². The fourth-order valence-electron chi connectivity index (χ4n) is 3.83. The maximum atomic E-state index is 10.0. The van der Waals surface area contributed by atoms with Crippen molar-refractivity contribution in [1.29, 1.82) is 0 Å².